The van der Waals surface area contributed by atoms with E-state index in [0.717, 1.165) is 36.3 Å². The minimum atomic E-state index is -0.843. The number of aromatic nitrogens is 2. The fourth-order valence-electron chi connectivity index (χ4n) is 2.41. The van der Waals surface area contributed by atoms with Gasteiger partial charge in [0, 0.05) is 18.5 Å². The lowest BCUT2D eigenvalue weighted by Crippen LogP contribution is -2.06. The molecule has 0 amide bonds. The molecule has 0 saturated heterocycles. The van der Waals surface area contributed by atoms with Crippen LogP contribution < -0.4 is 5.73 Å². The largest absolute Gasteiger partial charge is 0.481 e. The number of hydrogen-bond donors (Lipinski definition) is 2. The SMILES string of the molecule is CCCCc1nc(CCC(=O)O)c(Cl)n1Cc1ccc(N)cc1. The molecule has 0 aliphatic carbocycles. The van der Waals surface area contributed by atoms with Gasteiger partial charge in [-0.05, 0) is 24.1 Å². The number of nitrogen functional groups attached to an aromatic ring is 1. The smallest absolute Gasteiger partial charge is 0.303 e. The predicted octanol–water partition coefficient (Wildman–Crippen LogP) is 3.53. The highest BCUT2D eigenvalue weighted by molar-refractivity contribution is 6.30. The van der Waals surface area contributed by atoms with Gasteiger partial charge in [-0.1, -0.05) is 37.1 Å². The van der Waals surface area contributed by atoms with E-state index in [-0.39, 0.29) is 6.42 Å². The van der Waals surface area contributed by atoms with E-state index in [9.17, 15) is 4.79 Å². The minimum absolute atomic E-state index is 0.0336. The van der Waals surface area contributed by atoms with Gasteiger partial charge in [0.1, 0.15) is 11.0 Å². The van der Waals surface area contributed by atoms with E-state index < -0.39 is 5.97 Å². The number of carbonyl (C=O) groups is 1. The predicted molar refractivity (Wildman–Crippen MR) is 91.8 cm³/mol. The Balaban J connectivity index is 2.26. The molecule has 23 heavy (non-hydrogen) atoms. The zero-order valence-electron chi connectivity index (χ0n) is 13.3. The van der Waals surface area contributed by atoms with Crippen LogP contribution in [0.2, 0.25) is 5.15 Å². The van der Waals surface area contributed by atoms with Gasteiger partial charge >= 0.3 is 5.97 Å². The second kappa shape index (κ2) is 8.02. The Hall–Kier alpha value is -2.01. The van der Waals surface area contributed by atoms with E-state index in [4.69, 9.17) is 22.4 Å². The first-order valence-electron chi connectivity index (χ1n) is 7.81. The van der Waals surface area contributed by atoms with E-state index in [1.54, 1.807) is 0 Å². The maximum Gasteiger partial charge on any atom is 0.303 e. The van der Waals surface area contributed by atoms with Crippen LogP contribution in [0, 0.1) is 0 Å². The molecule has 0 radical (unpaired) electrons. The van der Waals surface area contributed by atoms with Gasteiger partial charge in [0.05, 0.1) is 18.7 Å². The highest BCUT2D eigenvalue weighted by Crippen LogP contribution is 2.23. The topological polar surface area (TPSA) is 81.1 Å². The van der Waals surface area contributed by atoms with Crippen molar-refractivity contribution in [3.63, 3.8) is 0 Å². The lowest BCUT2D eigenvalue weighted by atomic mass is 10.2. The molecular formula is C17H22ClN3O2. The molecule has 5 nitrogen and oxygen atoms in total. The van der Waals surface area contributed by atoms with Crippen molar-refractivity contribution in [2.75, 3.05) is 5.73 Å². The zero-order valence-corrected chi connectivity index (χ0v) is 14.0. The lowest BCUT2D eigenvalue weighted by Gasteiger charge is -2.09. The highest BCUT2D eigenvalue weighted by Gasteiger charge is 2.16. The van der Waals surface area contributed by atoms with Crippen molar-refractivity contribution in [1.82, 2.24) is 9.55 Å². The van der Waals surface area contributed by atoms with Crippen LogP contribution in [0.5, 0.6) is 0 Å². The third-order valence-corrected chi connectivity index (χ3v) is 4.12. The summed E-state index contributed by atoms with van der Waals surface area (Å²) in [4.78, 5) is 15.4. The quantitative estimate of drug-likeness (QED) is 0.723. The molecule has 1 heterocycles. The first-order valence-corrected chi connectivity index (χ1v) is 8.19. The molecule has 6 heteroatoms. The molecule has 0 aliphatic heterocycles. The van der Waals surface area contributed by atoms with Crippen LogP contribution in [-0.2, 0) is 24.2 Å². The number of carboxylic acids is 1. The van der Waals surface area contributed by atoms with E-state index in [0.29, 0.717) is 23.8 Å². The van der Waals surface area contributed by atoms with Gasteiger partial charge < -0.3 is 15.4 Å². The van der Waals surface area contributed by atoms with Crippen molar-refractivity contribution in [1.29, 1.82) is 0 Å². The summed E-state index contributed by atoms with van der Waals surface area (Å²) >= 11 is 6.46. The van der Waals surface area contributed by atoms with Crippen LogP contribution in [-0.4, -0.2) is 20.6 Å². The van der Waals surface area contributed by atoms with Crippen LogP contribution in [0.4, 0.5) is 5.69 Å². The second-order valence-electron chi connectivity index (χ2n) is 5.59. The average molecular weight is 336 g/mol. The summed E-state index contributed by atoms with van der Waals surface area (Å²) in [7, 11) is 0. The minimum Gasteiger partial charge on any atom is -0.481 e. The molecule has 1 aromatic carbocycles. The lowest BCUT2D eigenvalue weighted by molar-refractivity contribution is -0.136. The number of carboxylic acid groups (broad SMARTS) is 1. The molecule has 0 unspecified atom stereocenters. The maximum atomic E-state index is 10.8. The summed E-state index contributed by atoms with van der Waals surface area (Å²) in [5.41, 5.74) is 8.18. The van der Waals surface area contributed by atoms with Crippen LogP contribution in [0.15, 0.2) is 24.3 Å². The van der Waals surface area contributed by atoms with E-state index in [1.165, 1.54) is 0 Å². The molecular weight excluding hydrogens is 314 g/mol. The molecule has 0 fully saturated rings. The fraction of sp³-hybridized carbons (Fsp3) is 0.412. The summed E-state index contributed by atoms with van der Waals surface area (Å²) in [6, 6.07) is 7.65. The molecule has 1 aromatic heterocycles. The van der Waals surface area contributed by atoms with Crippen LogP contribution in [0.25, 0.3) is 0 Å². The number of nitrogens with zero attached hydrogens (tertiary/aromatic N) is 2. The Labute approximate surface area is 141 Å². The monoisotopic (exact) mass is 335 g/mol. The summed E-state index contributed by atoms with van der Waals surface area (Å²) < 4.78 is 1.97. The fourth-order valence-corrected chi connectivity index (χ4v) is 2.70. The number of nitrogens with two attached hydrogens (primary N) is 1. The molecule has 0 atom stereocenters. The van der Waals surface area contributed by atoms with Gasteiger partial charge in [0.15, 0.2) is 0 Å². The van der Waals surface area contributed by atoms with E-state index >= 15 is 0 Å². The van der Waals surface area contributed by atoms with Crippen LogP contribution in [0.1, 0.15) is 43.3 Å². The second-order valence-corrected chi connectivity index (χ2v) is 5.95. The van der Waals surface area contributed by atoms with Gasteiger partial charge in [-0.3, -0.25) is 4.79 Å². The van der Waals surface area contributed by atoms with Gasteiger partial charge in [-0.25, -0.2) is 4.98 Å². The normalized spacial score (nSPS) is 10.9. The Kier molecular flexibility index (Phi) is 6.04. The Morgan fingerprint density at radius 2 is 2.00 bits per heavy atom. The number of imidazole rings is 1. The third-order valence-electron chi connectivity index (χ3n) is 3.70. The number of benzene rings is 1. The van der Waals surface area contributed by atoms with E-state index in [1.807, 2.05) is 28.8 Å². The summed E-state index contributed by atoms with van der Waals surface area (Å²) in [5, 5.41) is 9.39. The molecule has 124 valence electrons. The number of rotatable bonds is 8. The standard InChI is InChI=1S/C17H22ClN3O2/c1-2-3-4-15-20-14(9-10-16(22)23)17(18)21(15)11-12-5-7-13(19)8-6-12/h5-8H,2-4,9-11,19H2,1H3,(H,22,23). The van der Waals surface area contributed by atoms with Gasteiger partial charge in [-0.2, -0.15) is 0 Å². The Morgan fingerprint density at radius 3 is 2.61 bits per heavy atom. The molecule has 0 saturated carbocycles. The Bertz CT molecular complexity index is 665. The molecule has 0 spiro atoms. The number of halogens is 1. The third kappa shape index (κ3) is 4.73. The molecule has 3 N–H and O–H groups in total. The molecule has 0 bridgehead atoms. The highest BCUT2D eigenvalue weighted by atomic mass is 35.5. The van der Waals surface area contributed by atoms with Crippen molar-refractivity contribution in [3.05, 3.63) is 46.5 Å². The summed E-state index contributed by atoms with van der Waals surface area (Å²) in [5.74, 6) is 0.0679. The van der Waals surface area contributed by atoms with Gasteiger partial charge in [-0.15, -0.1) is 0 Å². The van der Waals surface area contributed by atoms with E-state index in [2.05, 4.69) is 11.9 Å². The average Bonchev–Trinajstić information content (AvgIpc) is 2.81. The maximum absolute atomic E-state index is 10.8. The van der Waals surface area contributed by atoms with Crippen molar-refractivity contribution in [2.45, 2.75) is 45.6 Å². The first kappa shape index (κ1) is 17.3. The van der Waals surface area contributed by atoms with Crippen LogP contribution in [0.3, 0.4) is 0 Å². The molecule has 0 aliphatic rings. The summed E-state index contributed by atoms with van der Waals surface area (Å²) in [6.07, 6.45) is 3.30. The number of aliphatic carboxylic acids is 1. The number of aryl methyl sites for hydroxylation is 2. The molecule has 2 aromatic rings. The van der Waals surface area contributed by atoms with Crippen molar-refractivity contribution < 1.29 is 9.90 Å². The first-order chi connectivity index (χ1) is 11.0. The number of unbranched alkanes of at least 4 members (excludes halogenated alkanes) is 1. The van der Waals surface area contributed by atoms with Crippen molar-refractivity contribution in [2.24, 2.45) is 0 Å². The number of hydrogen-bond acceptors (Lipinski definition) is 3. The molecule has 2 rings (SSSR count). The van der Waals surface area contributed by atoms with Crippen molar-refractivity contribution >= 4 is 23.3 Å². The zero-order chi connectivity index (χ0) is 16.8. The van der Waals surface area contributed by atoms with Crippen molar-refractivity contribution in [3.8, 4) is 0 Å². The van der Waals surface area contributed by atoms with Gasteiger partial charge in [0.25, 0.3) is 0 Å². The summed E-state index contributed by atoms with van der Waals surface area (Å²) in [6.45, 7) is 2.73. The Morgan fingerprint density at radius 1 is 1.30 bits per heavy atom. The van der Waals surface area contributed by atoms with Crippen LogP contribution >= 0.6 is 11.6 Å². The number of anilines is 1. The van der Waals surface area contributed by atoms with Gasteiger partial charge in [0.2, 0.25) is 0 Å².